The van der Waals surface area contributed by atoms with Crippen LogP contribution >= 0.6 is 0 Å². The highest BCUT2D eigenvalue weighted by Gasteiger charge is 2.10. The molecule has 1 aromatic rings. The Bertz CT molecular complexity index is 431. The van der Waals surface area contributed by atoms with Gasteiger partial charge < -0.3 is 15.4 Å². The summed E-state index contributed by atoms with van der Waals surface area (Å²) in [6, 6.07) is 7.85. The number of hydrogen-bond acceptors (Lipinski definition) is 3. The molecule has 0 aliphatic heterocycles. The van der Waals surface area contributed by atoms with E-state index in [1.165, 1.54) is 0 Å². The van der Waals surface area contributed by atoms with Gasteiger partial charge in [0.05, 0.1) is 12.2 Å². The maximum absolute atomic E-state index is 12.2. The number of benzene rings is 1. The molecule has 118 valence electrons. The van der Waals surface area contributed by atoms with Crippen LogP contribution in [0.2, 0.25) is 0 Å². The maximum Gasteiger partial charge on any atom is 0.253 e. The average Bonchev–Trinajstić information content (AvgIpc) is 2.42. The van der Waals surface area contributed by atoms with Gasteiger partial charge in [-0.15, -0.1) is 0 Å². The summed E-state index contributed by atoms with van der Waals surface area (Å²) < 4.78 is 5.50. The van der Waals surface area contributed by atoms with Crippen molar-refractivity contribution in [3.8, 4) is 0 Å². The molecule has 0 heterocycles. The predicted octanol–water partition coefficient (Wildman–Crippen LogP) is 3.30. The summed E-state index contributed by atoms with van der Waals surface area (Å²) in [4.78, 5) is 12.2. The maximum atomic E-state index is 12.2. The summed E-state index contributed by atoms with van der Waals surface area (Å²) in [6.45, 7) is 10.3. The average molecular weight is 292 g/mol. The molecule has 2 N–H and O–H groups in total. The van der Waals surface area contributed by atoms with E-state index in [1.807, 2.05) is 24.3 Å². The van der Waals surface area contributed by atoms with Crippen molar-refractivity contribution in [1.82, 2.24) is 5.32 Å². The van der Waals surface area contributed by atoms with Crippen LogP contribution in [0.15, 0.2) is 24.3 Å². The largest absolute Gasteiger partial charge is 0.382 e. The molecule has 0 aliphatic rings. The first-order valence-electron chi connectivity index (χ1n) is 7.72. The fourth-order valence-corrected chi connectivity index (χ4v) is 1.87. The number of anilines is 1. The molecular weight excluding hydrogens is 264 g/mol. The Morgan fingerprint density at radius 1 is 1.14 bits per heavy atom. The molecule has 0 spiro atoms. The van der Waals surface area contributed by atoms with Crippen molar-refractivity contribution in [2.45, 2.75) is 40.2 Å². The summed E-state index contributed by atoms with van der Waals surface area (Å²) in [5.41, 5.74) is 1.54. The number of para-hydroxylation sites is 1. The summed E-state index contributed by atoms with van der Waals surface area (Å²) in [7, 11) is 0. The fraction of sp³-hybridized carbons (Fsp3) is 0.588. The number of ether oxygens (including phenoxy) is 1. The van der Waals surface area contributed by atoms with Crippen LogP contribution in [0.3, 0.4) is 0 Å². The molecule has 0 unspecified atom stereocenters. The third-order valence-corrected chi connectivity index (χ3v) is 2.99. The second-order valence-corrected chi connectivity index (χ2v) is 5.90. The van der Waals surface area contributed by atoms with Crippen molar-refractivity contribution in [3.05, 3.63) is 29.8 Å². The molecule has 0 saturated heterocycles. The van der Waals surface area contributed by atoms with Gasteiger partial charge in [-0.05, 0) is 38.3 Å². The molecule has 0 saturated carbocycles. The zero-order valence-electron chi connectivity index (χ0n) is 13.6. The van der Waals surface area contributed by atoms with Gasteiger partial charge in [-0.25, -0.2) is 0 Å². The minimum atomic E-state index is -0.0637. The lowest BCUT2D eigenvalue weighted by Gasteiger charge is -2.14. The summed E-state index contributed by atoms with van der Waals surface area (Å²) >= 11 is 0. The highest BCUT2D eigenvalue weighted by atomic mass is 16.5. The van der Waals surface area contributed by atoms with Crippen LogP contribution in [0.25, 0.3) is 0 Å². The van der Waals surface area contributed by atoms with E-state index in [1.54, 1.807) is 0 Å². The van der Waals surface area contributed by atoms with E-state index in [9.17, 15) is 4.79 Å². The number of amides is 1. The SMILES string of the molecule is CC(C)CCOCCNC(=O)c1ccccc1NC(C)C. The molecule has 0 aromatic heterocycles. The van der Waals surface area contributed by atoms with E-state index < -0.39 is 0 Å². The minimum absolute atomic E-state index is 0.0637. The lowest BCUT2D eigenvalue weighted by Crippen LogP contribution is -2.28. The first-order chi connectivity index (χ1) is 10.0. The highest BCUT2D eigenvalue weighted by molar-refractivity contribution is 5.99. The Kier molecular flexibility index (Phi) is 7.83. The van der Waals surface area contributed by atoms with E-state index in [0.29, 0.717) is 30.7 Å². The molecule has 0 bridgehead atoms. The van der Waals surface area contributed by atoms with E-state index in [2.05, 4.69) is 38.3 Å². The van der Waals surface area contributed by atoms with Crippen LogP contribution < -0.4 is 10.6 Å². The first-order valence-corrected chi connectivity index (χ1v) is 7.72. The van der Waals surface area contributed by atoms with Gasteiger partial charge in [-0.1, -0.05) is 26.0 Å². The van der Waals surface area contributed by atoms with E-state index >= 15 is 0 Å². The van der Waals surface area contributed by atoms with Crippen LogP contribution in [0.5, 0.6) is 0 Å². The topological polar surface area (TPSA) is 50.4 Å². The summed E-state index contributed by atoms with van der Waals surface area (Å²) in [5.74, 6) is 0.583. The van der Waals surface area contributed by atoms with Crippen LogP contribution in [0.4, 0.5) is 5.69 Å². The molecule has 1 aromatic carbocycles. The van der Waals surface area contributed by atoms with Crippen molar-refractivity contribution in [2.75, 3.05) is 25.1 Å². The molecule has 4 heteroatoms. The summed E-state index contributed by atoms with van der Waals surface area (Å²) in [5, 5.41) is 6.18. The van der Waals surface area contributed by atoms with Gasteiger partial charge in [0.1, 0.15) is 0 Å². The number of carbonyl (C=O) groups is 1. The second-order valence-electron chi connectivity index (χ2n) is 5.90. The van der Waals surface area contributed by atoms with Gasteiger partial charge >= 0.3 is 0 Å². The minimum Gasteiger partial charge on any atom is -0.382 e. The van der Waals surface area contributed by atoms with Gasteiger partial charge in [0.25, 0.3) is 5.91 Å². The number of rotatable bonds is 9. The third kappa shape index (κ3) is 7.14. The summed E-state index contributed by atoms with van der Waals surface area (Å²) in [6.07, 6.45) is 1.05. The van der Waals surface area contributed by atoms with Crippen molar-refractivity contribution in [3.63, 3.8) is 0 Å². The van der Waals surface area contributed by atoms with Crippen molar-refractivity contribution in [2.24, 2.45) is 5.92 Å². The fourth-order valence-electron chi connectivity index (χ4n) is 1.87. The van der Waals surface area contributed by atoms with Crippen LogP contribution in [0, 0.1) is 5.92 Å². The van der Waals surface area contributed by atoms with Crippen LogP contribution in [0.1, 0.15) is 44.5 Å². The van der Waals surface area contributed by atoms with Crippen LogP contribution in [-0.4, -0.2) is 31.7 Å². The van der Waals surface area contributed by atoms with Crippen LogP contribution in [-0.2, 0) is 4.74 Å². The Labute approximate surface area is 128 Å². The quantitative estimate of drug-likeness (QED) is 0.687. The Morgan fingerprint density at radius 3 is 2.52 bits per heavy atom. The molecule has 0 fully saturated rings. The van der Waals surface area contributed by atoms with Gasteiger partial charge in [-0.3, -0.25) is 4.79 Å². The lowest BCUT2D eigenvalue weighted by atomic mass is 10.1. The Hall–Kier alpha value is -1.55. The molecular formula is C17H28N2O2. The van der Waals surface area contributed by atoms with E-state index in [4.69, 9.17) is 4.74 Å². The second kappa shape index (κ2) is 9.40. The van der Waals surface area contributed by atoms with Gasteiger partial charge in [0, 0.05) is 24.9 Å². The molecule has 1 amide bonds. The lowest BCUT2D eigenvalue weighted by molar-refractivity contribution is 0.0906. The van der Waals surface area contributed by atoms with Gasteiger partial charge in [-0.2, -0.15) is 0 Å². The first kappa shape index (κ1) is 17.5. The number of nitrogens with one attached hydrogen (secondary N) is 2. The van der Waals surface area contributed by atoms with E-state index in [-0.39, 0.29) is 5.91 Å². The van der Waals surface area contributed by atoms with Crippen molar-refractivity contribution in [1.29, 1.82) is 0 Å². The molecule has 21 heavy (non-hydrogen) atoms. The standard InChI is InChI=1S/C17H28N2O2/c1-13(2)9-11-21-12-10-18-17(20)15-7-5-6-8-16(15)19-14(3)4/h5-8,13-14,19H,9-12H2,1-4H3,(H,18,20). The normalized spacial score (nSPS) is 11.0. The van der Waals surface area contributed by atoms with Crippen molar-refractivity contribution >= 4 is 11.6 Å². The Morgan fingerprint density at radius 2 is 1.86 bits per heavy atom. The smallest absolute Gasteiger partial charge is 0.253 e. The van der Waals surface area contributed by atoms with E-state index in [0.717, 1.165) is 18.7 Å². The number of carbonyl (C=O) groups excluding carboxylic acids is 1. The zero-order valence-corrected chi connectivity index (χ0v) is 13.6. The zero-order chi connectivity index (χ0) is 15.7. The Balaban J connectivity index is 2.38. The van der Waals surface area contributed by atoms with Gasteiger partial charge in [0.15, 0.2) is 0 Å². The monoisotopic (exact) mass is 292 g/mol. The van der Waals surface area contributed by atoms with Gasteiger partial charge in [0.2, 0.25) is 0 Å². The highest BCUT2D eigenvalue weighted by Crippen LogP contribution is 2.15. The molecule has 1 rings (SSSR count). The van der Waals surface area contributed by atoms with Crippen molar-refractivity contribution < 1.29 is 9.53 Å². The third-order valence-electron chi connectivity index (χ3n) is 2.99. The molecule has 0 atom stereocenters. The predicted molar refractivity (Wildman–Crippen MR) is 87.8 cm³/mol. The molecule has 0 aliphatic carbocycles. The molecule has 0 radical (unpaired) electrons. The number of hydrogen-bond donors (Lipinski definition) is 2. The molecule has 4 nitrogen and oxygen atoms in total.